The highest BCUT2D eigenvalue weighted by Gasteiger charge is 2.35. The van der Waals surface area contributed by atoms with E-state index in [2.05, 4.69) is 0 Å². The summed E-state index contributed by atoms with van der Waals surface area (Å²) >= 11 is 0. The topological polar surface area (TPSA) is 44.8 Å². The smallest absolute Gasteiger partial charge is 0.287 e. The van der Waals surface area contributed by atoms with Gasteiger partial charge in [0.2, 0.25) is 0 Å². The first-order valence-electron chi connectivity index (χ1n) is 3.24. The number of rotatable bonds is 2. The molecule has 60 valence electrons. The van der Waals surface area contributed by atoms with E-state index in [9.17, 15) is 4.57 Å². The Morgan fingerprint density at radius 2 is 2.50 bits per heavy atom. The number of phosphoric acid groups is 1. The van der Waals surface area contributed by atoms with Crippen LogP contribution in [-0.2, 0) is 18.1 Å². The molecule has 4 nitrogen and oxygen atoms in total. The summed E-state index contributed by atoms with van der Waals surface area (Å²) in [6.07, 6.45) is -0.114. The zero-order chi connectivity index (χ0) is 7.61. The van der Waals surface area contributed by atoms with E-state index in [1.807, 2.05) is 0 Å². The molecule has 0 aromatic rings. The Hall–Kier alpha value is 0.110. The predicted octanol–water partition coefficient (Wildman–Crippen LogP) is 1.57. The molecule has 0 aliphatic carbocycles. The molecule has 0 bridgehead atoms. The first-order valence-corrected chi connectivity index (χ1v) is 4.70. The Kier molecular flexibility index (Phi) is 2.47. The van der Waals surface area contributed by atoms with Gasteiger partial charge in [0.05, 0.1) is 19.3 Å². The summed E-state index contributed by atoms with van der Waals surface area (Å²) in [7, 11) is -3.13. The van der Waals surface area contributed by atoms with Crippen molar-refractivity contribution in [2.24, 2.45) is 0 Å². The average molecular weight is 166 g/mol. The fraction of sp³-hybridized carbons (Fsp3) is 1.00. The lowest BCUT2D eigenvalue weighted by molar-refractivity contribution is 0.185. The predicted molar refractivity (Wildman–Crippen MR) is 35.7 cm³/mol. The summed E-state index contributed by atoms with van der Waals surface area (Å²) < 4.78 is 25.6. The highest BCUT2D eigenvalue weighted by molar-refractivity contribution is 7.48. The number of hydrogen-bond donors (Lipinski definition) is 0. The fourth-order valence-corrected chi connectivity index (χ4v) is 2.11. The van der Waals surface area contributed by atoms with E-state index < -0.39 is 7.82 Å². The number of hydrogen-bond acceptors (Lipinski definition) is 4. The van der Waals surface area contributed by atoms with Crippen LogP contribution in [0.3, 0.4) is 0 Å². The minimum absolute atomic E-state index is 0.114. The zero-order valence-corrected chi connectivity index (χ0v) is 6.97. The van der Waals surface area contributed by atoms with Crippen LogP contribution < -0.4 is 0 Å². The van der Waals surface area contributed by atoms with E-state index in [4.69, 9.17) is 13.6 Å². The molecule has 1 fully saturated rings. The van der Waals surface area contributed by atoms with E-state index in [0.717, 1.165) is 0 Å². The number of phosphoric ester groups is 1. The van der Waals surface area contributed by atoms with Crippen molar-refractivity contribution in [3.63, 3.8) is 0 Å². The van der Waals surface area contributed by atoms with Crippen LogP contribution in [0.25, 0.3) is 0 Å². The summed E-state index contributed by atoms with van der Waals surface area (Å²) in [5.41, 5.74) is 0. The molecule has 0 N–H and O–H groups in total. The van der Waals surface area contributed by atoms with Gasteiger partial charge >= 0.3 is 7.82 Å². The van der Waals surface area contributed by atoms with Crippen LogP contribution in [0.1, 0.15) is 13.8 Å². The van der Waals surface area contributed by atoms with Gasteiger partial charge in [0.25, 0.3) is 0 Å². The molecule has 10 heavy (non-hydrogen) atoms. The van der Waals surface area contributed by atoms with Crippen molar-refractivity contribution in [1.29, 1.82) is 0 Å². The molecule has 0 aromatic carbocycles. The Labute approximate surface area is 60.1 Å². The Morgan fingerprint density at radius 1 is 1.80 bits per heavy atom. The second kappa shape index (κ2) is 3.01. The molecular weight excluding hydrogens is 155 g/mol. The van der Waals surface area contributed by atoms with Gasteiger partial charge in [-0.15, -0.1) is 0 Å². The van der Waals surface area contributed by atoms with Gasteiger partial charge in [0.15, 0.2) is 0 Å². The molecule has 1 saturated heterocycles. The summed E-state index contributed by atoms with van der Waals surface area (Å²) in [6.45, 7) is 4.25. The maximum atomic E-state index is 11.2. The summed E-state index contributed by atoms with van der Waals surface area (Å²) in [5.74, 6) is 0. The monoisotopic (exact) mass is 166 g/mol. The molecule has 5 heteroatoms. The lowest BCUT2D eigenvalue weighted by Gasteiger charge is -2.06. The van der Waals surface area contributed by atoms with E-state index in [1.54, 1.807) is 13.8 Å². The third-order valence-electron chi connectivity index (χ3n) is 1.06. The highest BCUT2D eigenvalue weighted by atomic mass is 31.2. The van der Waals surface area contributed by atoms with Crippen LogP contribution in [0.4, 0.5) is 0 Å². The normalized spacial score (nSPS) is 40.4. The minimum Gasteiger partial charge on any atom is -0.287 e. The van der Waals surface area contributed by atoms with Crippen molar-refractivity contribution >= 4 is 7.82 Å². The molecule has 0 spiro atoms. The quantitative estimate of drug-likeness (QED) is 0.584. The molecule has 0 amide bonds. The molecule has 0 saturated carbocycles. The second-order valence-corrected chi connectivity index (χ2v) is 3.70. The molecule has 1 rings (SSSR count). The van der Waals surface area contributed by atoms with Crippen molar-refractivity contribution < 1.29 is 18.1 Å². The lowest BCUT2D eigenvalue weighted by atomic mass is 10.5. The summed E-state index contributed by atoms with van der Waals surface area (Å²) in [6, 6.07) is 0. The SMILES string of the molecule is CCO[P@@]1(=O)OCC(C)O1. The Balaban J connectivity index is 2.47. The molecular formula is C5H11O4P. The third-order valence-corrected chi connectivity index (χ3v) is 2.72. The second-order valence-electron chi connectivity index (χ2n) is 2.08. The third kappa shape index (κ3) is 1.80. The van der Waals surface area contributed by atoms with Crippen molar-refractivity contribution in [2.75, 3.05) is 13.2 Å². The largest absolute Gasteiger partial charge is 0.475 e. The van der Waals surface area contributed by atoms with Gasteiger partial charge in [-0.05, 0) is 13.8 Å². The fourth-order valence-electron chi connectivity index (χ4n) is 0.703. The standard InChI is InChI=1S/C5H11O4P/c1-3-7-10(6)8-4-5(2)9-10/h5H,3-4H2,1-2H3/t5?,10-/m0/s1. The maximum Gasteiger partial charge on any atom is 0.475 e. The van der Waals surface area contributed by atoms with Gasteiger partial charge in [-0.25, -0.2) is 4.57 Å². The zero-order valence-electron chi connectivity index (χ0n) is 6.07. The van der Waals surface area contributed by atoms with Gasteiger partial charge in [-0.1, -0.05) is 0 Å². The Bertz CT molecular complexity index is 152. The minimum atomic E-state index is -3.13. The molecule has 0 aromatic heterocycles. The van der Waals surface area contributed by atoms with Gasteiger partial charge in [-0.3, -0.25) is 13.6 Å². The van der Waals surface area contributed by atoms with E-state index in [1.165, 1.54) is 0 Å². The van der Waals surface area contributed by atoms with Gasteiger partial charge in [0.1, 0.15) is 0 Å². The first kappa shape index (κ1) is 8.21. The van der Waals surface area contributed by atoms with Gasteiger partial charge in [-0.2, -0.15) is 0 Å². The van der Waals surface area contributed by atoms with Crippen LogP contribution in [0, 0.1) is 0 Å². The van der Waals surface area contributed by atoms with Crippen molar-refractivity contribution in [3.8, 4) is 0 Å². The maximum absolute atomic E-state index is 11.2. The van der Waals surface area contributed by atoms with Gasteiger partial charge in [0, 0.05) is 0 Å². The molecule has 1 aliphatic heterocycles. The van der Waals surface area contributed by atoms with Crippen LogP contribution in [0.15, 0.2) is 0 Å². The van der Waals surface area contributed by atoms with Crippen molar-refractivity contribution in [3.05, 3.63) is 0 Å². The average Bonchev–Trinajstić information content (AvgIpc) is 2.12. The molecule has 1 heterocycles. The lowest BCUT2D eigenvalue weighted by Crippen LogP contribution is -2.00. The van der Waals surface area contributed by atoms with Crippen LogP contribution >= 0.6 is 7.82 Å². The van der Waals surface area contributed by atoms with Crippen LogP contribution in [0.5, 0.6) is 0 Å². The van der Waals surface area contributed by atoms with Crippen LogP contribution in [-0.4, -0.2) is 19.3 Å². The van der Waals surface area contributed by atoms with E-state index in [0.29, 0.717) is 13.2 Å². The van der Waals surface area contributed by atoms with Gasteiger partial charge < -0.3 is 0 Å². The van der Waals surface area contributed by atoms with E-state index >= 15 is 0 Å². The molecule has 1 aliphatic rings. The Morgan fingerprint density at radius 3 is 2.90 bits per heavy atom. The van der Waals surface area contributed by atoms with Crippen molar-refractivity contribution in [2.45, 2.75) is 20.0 Å². The molecule has 0 radical (unpaired) electrons. The van der Waals surface area contributed by atoms with E-state index in [-0.39, 0.29) is 6.10 Å². The molecule has 2 atom stereocenters. The highest BCUT2D eigenvalue weighted by Crippen LogP contribution is 2.54. The van der Waals surface area contributed by atoms with Crippen LogP contribution in [0.2, 0.25) is 0 Å². The summed E-state index contributed by atoms with van der Waals surface area (Å²) in [5, 5.41) is 0. The summed E-state index contributed by atoms with van der Waals surface area (Å²) in [4.78, 5) is 0. The first-order chi connectivity index (χ1) is 4.66. The molecule has 1 unspecified atom stereocenters. The van der Waals surface area contributed by atoms with Crippen molar-refractivity contribution in [1.82, 2.24) is 0 Å².